The quantitative estimate of drug-likeness (QED) is 0.255. The Bertz CT molecular complexity index is 1350. The standard InChI is InChI=1S/C27H23Cl2NO6S/c1-33-21-7-3-4-8-22(21)35-13-12-30-26(31)24(37-27(30)32)14-17-6-5-9-23(34-2)25(17)36-16-18-10-11-19(28)15-20(18)29/h3-11,14-15H,12-13,16H2,1-2H3/b24-14-. The first-order valence-electron chi connectivity index (χ1n) is 11.2. The zero-order valence-corrected chi connectivity index (χ0v) is 22.4. The number of amides is 2. The summed E-state index contributed by atoms with van der Waals surface area (Å²) in [5.74, 6) is 1.59. The number of nitrogens with zero attached hydrogens (tertiary/aromatic N) is 1. The number of imide groups is 1. The topological polar surface area (TPSA) is 74.3 Å². The van der Waals surface area contributed by atoms with E-state index in [0.717, 1.165) is 22.2 Å². The Labute approximate surface area is 228 Å². The van der Waals surface area contributed by atoms with Crippen LogP contribution in [-0.2, 0) is 11.4 Å². The summed E-state index contributed by atoms with van der Waals surface area (Å²) in [4.78, 5) is 27.1. The summed E-state index contributed by atoms with van der Waals surface area (Å²) in [5, 5.41) is 0.620. The smallest absolute Gasteiger partial charge is 0.293 e. The van der Waals surface area contributed by atoms with Gasteiger partial charge in [-0.2, -0.15) is 0 Å². The summed E-state index contributed by atoms with van der Waals surface area (Å²) in [5.41, 5.74) is 1.32. The van der Waals surface area contributed by atoms with E-state index in [2.05, 4.69) is 0 Å². The Morgan fingerprint density at radius 2 is 1.62 bits per heavy atom. The number of ether oxygens (including phenoxy) is 4. The van der Waals surface area contributed by atoms with Gasteiger partial charge in [-0.3, -0.25) is 14.5 Å². The number of benzene rings is 3. The van der Waals surface area contributed by atoms with Gasteiger partial charge in [0.25, 0.3) is 11.1 Å². The fourth-order valence-electron chi connectivity index (χ4n) is 3.57. The fraction of sp³-hybridized carbons (Fsp3) is 0.185. The molecule has 1 aliphatic rings. The van der Waals surface area contributed by atoms with Crippen molar-refractivity contribution in [2.24, 2.45) is 0 Å². The lowest BCUT2D eigenvalue weighted by molar-refractivity contribution is -0.123. The predicted octanol–water partition coefficient (Wildman–Crippen LogP) is 6.70. The van der Waals surface area contributed by atoms with Crippen molar-refractivity contribution in [2.75, 3.05) is 27.4 Å². The van der Waals surface area contributed by atoms with Gasteiger partial charge in [-0.25, -0.2) is 0 Å². The van der Waals surface area contributed by atoms with Crippen molar-refractivity contribution < 1.29 is 28.5 Å². The van der Waals surface area contributed by atoms with Crippen molar-refractivity contribution in [1.82, 2.24) is 4.90 Å². The Hall–Kier alpha value is -3.33. The largest absolute Gasteiger partial charge is 0.493 e. The minimum absolute atomic E-state index is 0.0938. The van der Waals surface area contributed by atoms with Crippen molar-refractivity contribution in [3.05, 3.63) is 86.7 Å². The van der Waals surface area contributed by atoms with Crippen LogP contribution in [0.5, 0.6) is 23.0 Å². The molecule has 2 amide bonds. The van der Waals surface area contributed by atoms with Gasteiger partial charge in [0.05, 0.1) is 25.7 Å². The van der Waals surface area contributed by atoms with E-state index >= 15 is 0 Å². The summed E-state index contributed by atoms with van der Waals surface area (Å²) < 4.78 is 22.5. The van der Waals surface area contributed by atoms with Crippen LogP contribution in [0.1, 0.15) is 11.1 Å². The summed E-state index contributed by atoms with van der Waals surface area (Å²) in [7, 11) is 3.07. The molecule has 3 aromatic rings. The van der Waals surface area contributed by atoms with E-state index in [-0.39, 0.29) is 29.9 Å². The first-order valence-corrected chi connectivity index (χ1v) is 12.7. The van der Waals surface area contributed by atoms with Crippen LogP contribution in [0.3, 0.4) is 0 Å². The zero-order valence-electron chi connectivity index (χ0n) is 20.0. The summed E-state index contributed by atoms with van der Waals surface area (Å²) in [6.07, 6.45) is 1.62. The lowest BCUT2D eigenvalue weighted by Crippen LogP contribution is -2.32. The van der Waals surface area contributed by atoms with E-state index in [0.29, 0.717) is 38.6 Å². The highest BCUT2D eigenvalue weighted by molar-refractivity contribution is 8.18. The number of para-hydroxylation sites is 3. The molecule has 37 heavy (non-hydrogen) atoms. The molecule has 1 fully saturated rings. The van der Waals surface area contributed by atoms with Crippen LogP contribution in [0, 0.1) is 0 Å². The second kappa shape index (κ2) is 12.3. The van der Waals surface area contributed by atoms with Crippen LogP contribution in [0.2, 0.25) is 10.0 Å². The number of methoxy groups -OCH3 is 2. The molecule has 10 heteroatoms. The van der Waals surface area contributed by atoms with Gasteiger partial charge in [0.1, 0.15) is 13.2 Å². The molecule has 0 atom stereocenters. The molecule has 1 heterocycles. The summed E-state index contributed by atoms with van der Waals surface area (Å²) >= 11 is 13.1. The number of carbonyl (C=O) groups excluding carboxylic acids is 2. The van der Waals surface area contributed by atoms with Crippen molar-refractivity contribution >= 4 is 52.2 Å². The predicted molar refractivity (Wildman–Crippen MR) is 145 cm³/mol. The van der Waals surface area contributed by atoms with Crippen LogP contribution in [0.15, 0.2) is 65.6 Å². The first-order chi connectivity index (χ1) is 17.9. The second-order valence-corrected chi connectivity index (χ2v) is 9.57. The number of carbonyl (C=O) groups is 2. The Balaban J connectivity index is 1.49. The van der Waals surface area contributed by atoms with Gasteiger partial charge in [-0.15, -0.1) is 0 Å². The zero-order chi connectivity index (χ0) is 26.4. The average Bonchev–Trinajstić information content (AvgIpc) is 3.16. The number of halogens is 2. The molecular formula is C27H23Cl2NO6S. The van der Waals surface area contributed by atoms with Gasteiger partial charge in [0.15, 0.2) is 23.0 Å². The van der Waals surface area contributed by atoms with Crippen LogP contribution in [0.25, 0.3) is 6.08 Å². The van der Waals surface area contributed by atoms with Gasteiger partial charge in [-0.1, -0.05) is 53.5 Å². The fourth-order valence-corrected chi connectivity index (χ4v) is 4.89. The van der Waals surface area contributed by atoms with E-state index in [9.17, 15) is 9.59 Å². The van der Waals surface area contributed by atoms with Gasteiger partial charge >= 0.3 is 0 Å². The molecule has 1 aliphatic heterocycles. The molecule has 7 nitrogen and oxygen atoms in total. The van der Waals surface area contributed by atoms with E-state index in [1.165, 1.54) is 7.11 Å². The molecule has 1 saturated heterocycles. The molecule has 0 aliphatic carbocycles. The van der Waals surface area contributed by atoms with Gasteiger partial charge in [0.2, 0.25) is 0 Å². The minimum atomic E-state index is -0.409. The first kappa shape index (κ1) is 26.7. The van der Waals surface area contributed by atoms with Crippen LogP contribution >= 0.6 is 35.0 Å². The van der Waals surface area contributed by atoms with E-state index < -0.39 is 5.91 Å². The molecule has 0 aromatic heterocycles. The van der Waals surface area contributed by atoms with Crippen molar-refractivity contribution in [2.45, 2.75) is 6.61 Å². The minimum Gasteiger partial charge on any atom is -0.493 e. The number of hydrogen-bond donors (Lipinski definition) is 0. The molecule has 3 aromatic carbocycles. The van der Waals surface area contributed by atoms with Crippen LogP contribution < -0.4 is 18.9 Å². The van der Waals surface area contributed by atoms with E-state index in [1.54, 1.807) is 61.7 Å². The molecule has 0 N–H and O–H groups in total. The Kier molecular flexibility index (Phi) is 8.87. The van der Waals surface area contributed by atoms with E-state index in [1.807, 2.05) is 12.1 Å². The third kappa shape index (κ3) is 6.33. The second-order valence-electron chi connectivity index (χ2n) is 7.74. The number of rotatable bonds is 10. The molecule has 0 saturated carbocycles. The van der Waals surface area contributed by atoms with Crippen molar-refractivity contribution in [3.63, 3.8) is 0 Å². The maximum atomic E-state index is 13.0. The molecule has 0 radical (unpaired) electrons. The van der Waals surface area contributed by atoms with Crippen LogP contribution in [0.4, 0.5) is 4.79 Å². The van der Waals surface area contributed by atoms with Crippen molar-refractivity contribution in [3.8, 4) is 23.0 Å². The highest BCUT2D eigenvalue weighted by atomic mass is 35.5. The molecule has 0 bridgehead atoms. The maximum Gasteiger partial charge on any atom is 0.293 e. The van der Waals surface area contributed by atoms with E-state index in [4.69, 9.17) is 42.1 Å². The highest BCUT2D eigenvalue weighted by Gasteiger charge is 2.35. The Morgan fingerprint density at radius 1 is 0.892 bits per heavy atom. The van der Waals surface area contributed by atoms with Gasteiger partial charge in [0, 0.05) is 21.2 Å². The third-order valence-corrected chi connectivity index (χ3v) is 6.91. The lowest BCUT2D eigenvalue weighted by atomic mass is 10.1. The molecular weight excluding hydrogens is 537 g/mol. The van der Waals surface area contributed by atoms with Gasteiger partial charge in [-0.05, 0) is 48.2 Å². The van der Waals surface area contributed by atoms with Crippen molar-refractivity contribution in [1.29, 1.82) is 0 Å². The number of hydrogen-bond acceptors (Lipinski definition) is 7. The lowest BCUT2D eigenvalue weighted by Gasteiger charge is -2.15. The molecule has 0 unspecified atom stereocenters. The third-order valence-electron chi connectivity index (χ3n) is 5.42. The Morgan fingerprint density at radius 3 is 2.35 bits per heavy atom. The normalized spacial score (nSPS) is 14.3. The summed E-state index contributed by atoms with van der Waals surface area (Å²) in [6, 6.07) is 17.6. The highest BCUT2D eigenvalue weighted by Crippen LogP contribution is 2.38. The molecule has 192 valence electrons. The monoisotopic (exact) mass is 559 g/mol. The number of thioether (sulfide) groups is 1. The van der Waals surface area contributed by atoms with Gasteiger partial charge < -0.3 is 18.9 Å². The van der Waals surface area contributed by atoms with Crippen LogP contribution in [-0.4, -0.2) is 43.4 Å². The molecule has 0 spiro atoms. The average molecular weight is 560 g/mol. The summed E-state index contributed by atoms with van der Waals surface area (Å²) in [6.45, 7) is 0.372. The molecule has 4 rings (SSSR count). The maximum absolute atomic E-state index is 13.0. The SMILES string of the molecule is COc1ccccc1OCCN1C(=O)S/C(=C\c2cccc(OC)c2OCc2ccc(Cl)cc2Cl)C1=O.